The van der Waals surface area contributed by atoms with E-state index in [1.54, 1.807) is 6.20 Å². The lowest BCUT2D eigenvalue weighted by molar-refractivity contribution is -0.817. The summed E-state index contributed by atoms with van der Waals surface area (Å²) in [6.07, 6.45) is 3.25. The summed E-state index contributed by atoms with van der Waals surface area (Å²) in [6.45, 7) is 3.86. The van der Waals surface area contributed by atoms with Gasteiger partial charge >= 0.3 is 5.97 Å². The van der Waals surface area contributed by atoms with E-state index in [1.165, 1.54) is 6.08 Å². The molecule has 0 saturated carbocycles. The summed E-state index contributed by atoms with van der Waals surface area (Å²) in [6, 6.07) is 5.81. The lowest BCUT2D eigenvalue weighted by Gasteiger charge is -2.17. The molecular formula is C14H20NO2+. The molecule has 92 valence electrons. The van der Waals surface area contributed by atoms with E-state index in [0.29, 0.717) is 10.2 Å². The van der Waals surface area contributed by atoms with Crippen LogP contribution in [0, 0.1) is 13.8 Å². The maximum Gasteiger partial charge on any atom is 0.341 e. The number of ether oxygens (including phenoxy) is 1. The Hall–Kier alpha value is -1.61. The molecule has 0 radical (unpaired) electrons. The number of nitrogens with zero attached hydrogens (tertiary/aromatic N) is 1. The molecule has 0 aliphatic heterocycles. The van der Waals surface area contributed by atoms with Crippen LogP contribution in [0.25, 0.3) is 0 Å². The Bertz CT molecular complexity index is 422. The number of benzene rings is 1. The SMILES string of the molecule is Cc1cccc(C)c1OC(=O)/C=C\[N+](C)(C)C. The molecule has 0 unspecified atom stereocenters. The molecule has 0 bridgehead atoms. The van der Waals surface area contributed by atoms with E-state index in [4.69, 9.17) is 4.74 Å². The van der Waals surface area contributed by atoms with Crippen molar-refractivity contribution in [3.8, 4) is 5.75 Å². The van der Waals surface area contributed by atoms with Gasteiger partial charge in [0.25, 0.3) is 0 Å². The third kappa shape index (κ3) is 4.41. The minimum atomic E-state index is -0.338. The highest BCUT2D eigenvalue weighted by Crippen LogP contribution is 2.22. The van der Waals surface area contributed by atoms with Gasteiger partial charge in [0, 0.05) is 0 Å². The van der Waals surface area contributed by atoms with E-state index in [2.05, 4.69) is 0 Å². The van der Waals surface area contributed by atoms with Gasteiger partial charge in [-0.05, 0) is 25.0 Å². The second-order valence-electron chi connectivity index (χ2n) is 5.07. The molecule has 17 heavy (non-hydrogen) atoms. The molecule has 0 heterocycles. The van der Waals surface area contributed by atoms with Crippen LogP contribution in [0.5, 0.6) is 5.75 Å². The van der Waals surface area contributed by atoms with Gasteiger partial charge < -0.3 is 9.22 Å². The highest BCUT2D eigenvalue weighted by atomic mass is 16.5. The van der Waals surface area contributed by atoms with Crippen molar-refractivity contribution in [1.82, 2.24) is 0 Å². The van der Waals surface area contributed by atoms with E-state index in [0.717, 1.165) is 11.1 Å². The molecule has 0 aliphatic carbocycles. The largest absolute Gasteiger partial charge is 0.423 e. The van der Waals surface area contributed by atoms with Gasteiger partial charge in [0.05, 0.1) is 27.2 Å². The fourth-order valence-corrected chi connectivity index (χ4v) is 1.38. The van der Waals surface area contributed by atoms with Gasteiger partial charge in [-0.25, -0.2) is 4.79 Å². The number of para-hydroxylation sites is 1. The van der Waals surface area contributed by atoms with Crippen LogP contribution < -0.4 is 4.74 Å². The highest BCUT2D eigenvalue weighted by Gasteiger charge is 2.09. The number of carbonyl (C=O) groups excluding carboxylic acids is 1. The van der Waals surface area contributed by atoms with Crippen molar-refractivity contribution in [3.63, 3.8) is 0 Å². The van der Waals surface area contributed by atoms with Crippen molar-refractivity contribution in [3.05, 3.63) is 41.6 Å². The van der Waals surface area contributed by atoms with Crippen LogP contribution >= 0.6 is 0 Å². The number of quaternary nitrogens is 1. The van der Waals surface area contributed by atoms with Gasteiger partial charge in [-0.2, -0.15) is 0 Å². The highest BCUT2D eigenvalue weighted by molar-refractivity contribution is 5.84. The molecule has 0 fully saturated rings. The number of carbonyl (C=O) groups is 1. The van der Waals surface area contributed by atoms with Crippen molar-refractivity contribution in [2.24, 2.45) is 0 Å². The average Bonchev–Trinajstić information content (AvgIpc) is 2.20. The Balaban J connectivity index is 2.79. The first-order valence-corrected chi connectivity index (χ1v) is 5.58. The van der Waals surface area contributed by atoms with Crippen LogP contribution in [0.2, 0.25) is 0 Å². The summed E-state index contributed by atoms with van der Waals surface area (Å²) in [5, 5.41) is 0. The van der Waals surface area contributed by atoms with Crippen LogP contribution in [0.4, 0.5) is 0 Å². The molecule has 0 aromatic heterocycles. The van der Waals surface area contributed by atoms with Gasteiger partial charge in [0.2, 0.25) is 0 Å². The van der Waals surface area contributed by atoms with Crippen molar-refractivity contribution in [2.75, 3.05) is 21.1 Å². The second kappa shape index (κ2) is 5.15. The molecule has 0 aliphatic rings. The molecule has 1 rings (SSSR count). The topological polar surface area (TPSA) is 26.3 Å². The van der Waals surface area contributed by atoms with Crippen LogP contribution in [0.15, 0.2) is 30.5 Å². The Labute approximate surface area is 103 Å². The molecule has 0 saturated heterocycles. The van der Waals surface area contributed by atoms with Crippen LogP contribution in [0.1, 0.15) is 11.1 Å². The van der Waals surface area contributed by atoms with Crippen molar-refractivity contribution >= 4 is 5.97 Å². The van der Waals surface area contributed by atoms with E-state index < -0.39 is 0 Å². The molecule has 0 N–H and O–H groups in total. The quantitative estimate of drug-likeness (QED) is 0.347. The predicted molar refractivity (Wildman–Crippen MR) is 68.7 cm³/mol. The smallest absolute Gasteiger partial charge is 0.341 e. The van der Waals surface area contributed by atoms with Crippen molar-refractivity contribution in [1.29, 1.82) is 0 Å². The molecule has 3 heteroatoms. The fourth-order valence-electron chi connectivity index (χ4n) is 1.38. The van der Waals surface area contributed by atoms with Crippen molar-refractivity contribution < 1.29 is 14.0 Å². The minimum Gasteiger partial charge on any atom is -0.423 e. The van der Waals surface area contributed by atoms with Crippen molar-refractivity contribution in [2.45, 2.75) is 13.8 Å². The van der Waals surface area contributed by atoms with Crippen LogP contribution in [0.3, 0.4) is 0 Å². The van der Waals surface area contributed by atoms with Crippen LogP contribution in [-0.4, -0.2) is 31.6 Å². The zero-order chi connectivity index (χ0) is 13.1. The third-order valence-corrected chi connectivity index (χ3v) is 2.27. The summed E-state index contributed by atoms with van der Waals surface area (Å²) in [5.74, 6) is 0.319. The van der Waals surface area contributed by atoms with E-state index in [-0.39, 0.29) is 5.97 Å². The summed E-state index contributed by atoms with van der Waals surface area (Å²) in [5.41, 5.74) is 1.94. The number of aryl methyl sites for hydroxylation is 2. The average molecular weight is 234 g/mol. The molecule has 3 nitrogen and oxygen atoms in total. The summed E-state index contributed by atoms with van der Waals surface area (Å²) >= 11 is 0. The minimum absolute atomic E-state index is 0.338. The molecule has 1 aromatic carbocycles. The second-order valence-corrected chi connectivity index (χ2v) is 5.07. The first kappa shape index (κ1) is 13.5. The standard InChI is InChI=1S/C14H20NO2/c1-11-7-6-8-12(2)14(11)17-13(16)9-10-15(3,4)5/h6-10H,1-5H3/q+1/b10-9-. The third-order valence-electron chi connectivity index (χ3n) is 2.27. The summed E-state index contributed by atoms with van der Waals surface area (Å²) < 4.78 is 5.92. The molecule has 1 aromatic rings. The monoisotopic (exact) mass is 234 g/mol. The van der Waals surface area contributed by atoms with Crippen LogP contribution in [-0.2, 0) is 4.79 Å². The number of hydrogen-bond donors (Lipinski definition) is 0. The maximum atomic E-state index is 11.6. The Morgan fingerprint density at radius 1 is 1.18 bits per heavy atom. The Morgan fingerprint density at radius 3 is 2.18 bits per heavy atom. The van der Waals surface area contributed by atoms with E-state index >= 15 is 0 Å². The maximum absolute atomic E-state index is 11.6. The molecule has 0 amide bonds. The number of rotatable bonds is 3. The van der Waals surface area contributed by atoms with Gasteiger partial charge in [0.1, 0.15) is 11.9 Å². The predicted octanol–water partition coefficient (Wildman–Crippen LogP) is 2.43. The number of esters is 1. The van der Waals surface area contributed by atoms with Gasteiger partial charge in [-0.1, -0.05) is 18.2 Å². The van der Waals surface area contributed by atoms with E-state index in [1.807, 2.05) is 53.2 Å². The normalized spacial score (nSPS) is 11.8. The summed E-state index contributed by atoms with van der Waals surface area (Å²) in [4.78, 5) is 11.6. The molecule has 0 spiro atoms. The lowest BCUT2D eigenvalue weighted by atomic mass is 10.1. The Kier molecular flexibility index (Phi) is 4.07. The number of hydrogen-bond acceptors (Lipinski definition) is 2. The fraction of sp³-hybridized carbons (Fsp3) is 0.357. The first-order chi connectivity index (χ1) is 7.79. The molecule has 0 atom stereocenters. The first-order valence-electron chi connectivity index (χ1n) is 5.58. The van der Waals surface area contributed by atoms with Gasteiger partial charge in [-0.3, -0.25) is 0 Å². The molecular weight excluding hydrogens is 214 g/mol. The Morgan fingerprint density at radius 2 is 1.71 bits per heavy atom. The zero-order valence-electron chi connectivity index (χ0n) is 11.2. The lowest BCUT2D eigenvalue weighted by Crippen LogP contribution is -2.27. The summed E-state index contributed by atoms with van der Waals surface area (Å²) in [7, 11) is 5.92. The van der Waals surface area contributed by atoms with Gasteiger partial charge in [-0.15, -0.1) is 0 Å². The van der Waals surface area contributed by atoms with Gasteiger partial charge in [0.15, 0.2) is 0 Å². The van der Waals surface area contributed by atoms with E-state index in [9.17, 15) is 4.79 Å². The zero-order valence-corrected chi connectivity index (χ0v) is 11.2.